The molecule has 0 radical (unpaired) electrons. The second-order valence-electron chi connectivity index (χ2n) is 6.35. The number of methoxy groups -OCH3 is 1. The first kappa shape index (κ1) is 22.5. The van der Waals surface area contributed by atoms with Crippen molar-refractivity contribution in [2.24, 2.45) is 5.10 Å². The molecular formula is C23H18ClN3O5. The van der Waals surface area contributed by atoms with E-state index < -0.39 is 17.8 Å². The Kier molecular flexibility index (Phi) is 7.55. The Morgan fingerprint density at radius 1 is 0.906 bits per heavy atom. The fraction of sp³-hybridized carbons (Fsp3) is 0.0435. The summed E-state index contributed by atoms with van der Waals surface area (Å²) in [6.07, 6.45) is 1.35. The van der Waals surface area contributed by atoms with E-state index in [1.807, 2.05) is 0 Å². The number of rotatable bonds is 6. The fourth-order valence-electron chi connectivity index (χ4n) is 2.48. The monoisotopic (exact) mass is 451 g/mol. The van der Waals surface area contributed by atoms with Crippen LogP contribution in [0.1, 0.15) is 15.9 Å². The van der Waals surface area contributed by atoms with Gasteiger partial charge in [-0.1, -0.05) is 17.7 Å². The summed E-state index contributed by atoms with van der Waals surface area (Å²) in [5.41, 5.74) is 3.54. The molecule has 0 atom stereocenters. The molecule has 2 N–H and O–H groups in total. The molecule has 0 spiro atoms. The number of hydrazone groups is 1. The summed E-state index contributed by atoms with van der Waals surface area (Å²) < 4.78 is 10.3. The van der Waals surface area contributed by atoms with E-state index in [1.165, 1.54) is 13.3 Å². The first-order valence-electron chi connectivity index (χ1n) is 9.31. The van der Waals surface area contributed by atoms with E-state index >= 15 is 0 Å². The van der Waals surface area contributed by atoms with Crippen LogP contribution in [0.25, 0.3) is 0 Å². The Morgan fingerprint density at radius 3 is 2.31 bits per heavy atom. The number of amides is 2. The smallest absolute Gasteiger partial charge is 0.343 e. The highest BCUT2D eigenvalue weighted by Crippen LogP contribution is 2.17. The first-order chi connectivity index (χ1) is 15.4. The second-order valence-corrected chi connectivity index (χ2v) is 6.79. The van der Waals surface area contributed by atoms with Crippen molar-refractivity contribution in [1.82, 2.24) is 5.43 Å². The van der Waals surface area contributed by atoms with Crippen LogP contribution in [-0.4, -0.2) is 31.1 Å². The molecule has 0 fully saturated rings. The predicted molar refractivity (Wildman–Crippen MR) is 120 cm³/mol. The van der Waals surface area contributed by atoms with Gasteiger partial charge in [-0.05, 0) is 66.2 Å². The Labute approximate surface area is 188 Å². The van der Waals surface area contributed by atoms with Crippen molar-refractivity contribution >= 4 is 41.3 Å². The van der Waals surface area contributed by atoms with Crippen molar-refractivity contribution in [1.29, 1.82) is 0 Å². The predicted octanol–water partition coefficient (Wildman–Crippen LogP) is 3.66. The van der Waals surface area contributed by atoms with E-state index in [2.05, 4.69) is 15.8 Å². The molecule has 162 valence electrons. The number of nitrogens with zero attached hydrogens (tertiary/aromatic N) is 1. The molecule has 8 nitrogen and oxygen atoms in total. The SMILES string of the molecule is COc1cccc(NC(=O)C(=O)N/N=C/c2ccc(OC(=O)c3ccc(Cl)cc3)cc2)c1. The highest BCUT2D eigenvalue weighted by molar-refractivity contribution is 6.39. The van der Waals surface area contributed by atoms with Crippen LogP contribution >= 0.6 is 11.6 Å². The van der Waals surface area contributed by atoms with Gasteiger partial charge in [0.2, 0.25) is 0 Å². The number of ether oxygens (including phenoxy) is 2. The molecule has 0 unspecified atom stereocenters. The average Bonchev–Trinajstić information content (AvgIpc) is 2.80. The maximum absolute atomic E-state index is 12.1. The van der Waals surface area contributed by atoms with Gasteiger partial charge in [0, 0.05) is 16.8 Å². The third kappa shape index (κ3) is 6.41. The van der Waals surface area contributed by atoms with Gasteiger partial charge in [-0.15, -0.1) is 0 Å². The molecule has 3 rings (SSSR count). The fourth-order valence-corrected chi connectivity index (χ4v) is 2.60. The summed E-state index contributed by atoms with van der Waals surface area (Å²) in [5.74, 6) is -1.44. The summed E-state index contributed by atoms with van der Waals surface area (Å²) in [6, 6.07) is 19.4. The van der Waals surface area contributed by atoms with Gasteiger partial charge < -0.3 is 14.8 Å². The topological polar surface area (TPSA) is 106 Å². The third-order valence-corrected chi connectivity index (χ3v) is 4.34. The number of halogens is 1. The Bertz CT molecular complexity index is 1150. The first-order valence-corrected chi connectivity index (χ1v) is 9.68. The van der Waals surface area contributed by atoms with E-state index in [1.54, 1.807) is 72.8 Å². The zero-order chi connectivity index (χ0) is 22.9. The maximum Gasteiger partial charge on any atom is 0.343 e. The van der Waals surface area contributed by atoms with Crippen LogP contribution in [0.4, 0.5) is 5.69 Å². The molecule has 0 aliphatic carbocycles. The highest BCUT2D eigenvalue weighted by atomic mass is 35.5. The minimum absolute atomic E-state index is 0.337. The van der Waals surface area contributed by atoms with Crippen molar-refractivity contribution in [3.8, 4) is 11.5 Å². The van der Waals surface area contributed by atoms with Crippen molar-refractivity contribution < 1.29 is 23.9 Å². The number of hydrogen-bond donors (Lipinski definition) is 2. The molecule has 0 aliphatic heterocycles. The van der Waals surface area contributed by atoms with Gasteiger partial charge in [0.25, 0.3) is 0 Å². The van der Waals surface area contributed by atoms with E-state index in [4.69, 9.17) is 21.1 Å². The lowest BCUT2D eigenvalue weighted by atomic mass is 10.2. The molecule has 9 heteroatoms. The average molecular weight is 452 g/mol. The van der Waals surface area contributed by atoms with Crippen molar-refractivity contribution in [3.05, 3.63) is 88.9 Å². The molecule has 0 saturated heterocycles. The molecule has 32 heavy (non-hydrogen) atoms. The highest BCUT2D eigenvalue weighted by Gasteiger charge is 2.13. The van der Waals surface area contributed by atoms with Crippen LogP contribution in [0.15, 0.2) is 77.9 Å². The number of benzene rings is 3. The number of hydrogen-bond acceptors (Lipinski definition) is 6. The van der Waals surface area contributed by atoms with Gasteiger partial charge in [0.1, 0.15) is 11.5 Å². The normalized spacial score (nSPS) is 10.4. The van der Waals surface area contributed by atoms with Gasteiger partial charge in [0.05, 0.1) is 18.9 Å². The lowest BCUT2D eigenvalue weighted by Gasteiger charge is -2.06. The third-order valence-electron chi connectivity index (χ3n) is 4.08. The van der Waals surface area contributed by atoms with E-state index in [9.17, 15) is 14.4 Å². The molecule has 3 aromatic rings. The maximum atomic E-state index is 12.1. The molecule has 0 saturated carbocycles. The molecule has 3 aromatic carbocycles. The van der Waals surface area contributed by atoms with Gasteiger partial charge in [-0.25, -0.2) is 10.2 Å². The summed E-state index contributed by atoms with van der Waals surface area (Å²) in [7, 11) is 1.50. The van der Waals surface area contributed by atoms with Crippen LogP contribution in [0, 0.1) is 0 Å². The molecule has 0 aromatic heterocycles. The Hall–Kier alpha value is -4.17. The van der Waals surface area contributed by atoms with Crippen molar-refractivity contribution in [3.63, 3.8) is 0 Å². The van der Waals surface area contributed by atoms with E-state index in [-0.39, 0.29) is 0 Å². The number of esters is 1. The van der Waals surface area contributed by atoms with Gasteiger partial charge in [-0.2, -0.15) is 5.10 Å². The molecule has 0 heterocycles. The molecule has 0 aliphatic rings. The molecule has 0 bridgehead atoms. The number of carbonyl (C=O) groups is 3. The summed E-state index contributed by atoms with van der Waals surface area (Å²) in [6.45, 7) is 0. The summed E-state index contributed by atoms with van der Waals surface area (Å²) >= 11 is 5.80. The zero-order valence-corrected chi connectivity index (χ0v) is 17.6. The summed E-state index contributed by atoms with van der Waals surface area (Å²) in [5, 5.41) is 6.72. The molecule has 2 amide bonds. The van der Waals surface area contributed by atoms with Crippen LogP contribution in [0.5, 0.6) is 11.5 Å². The molecular weight excluding hydrogens is 434 g/mol. The number of nitrogens with one attached hydrogen (secondary N) is 2. The van der Waals surface area contributed by atoms with Crippen molar-refractivity contribution in [2.75, 3.05) is 12.4 Å². The van der Waals surface area contributed by atoms with Crippen LogP contribution < -0.4 is 20.2 Å². The van der Waals surface area contributed by atoms with Crippen LogP contribution in [-0.2, 0) is 9.59 Å². The minimum Gasteiger partial charge on any atom is -0.497 e. The van der Waals surface area contributed by atoms with Gasteiger partial charge >= 0.3 is 17.8 Å². The van der Waals surface area contributed by atoms with Gasteiger partial charge in [-0.3, -0.25) is 9.59 Å². The zero-order valence-electron chi connectivity index (χ0n) is 16.9. The second kappa shape index (κ2) is 10.7. The quantitative estimate of drug-likeness (QED) is 0.195. The minimum atomic E-state index is -0.933. The van der Waals surface area contributed by atoms with Crippen molar-refractivity contribution in [2.45, 2.75) is 0 Å². The van der Waals surface area contributed by atoms with E-state index in [0.29, 0.717) is 33.3 Å². The lowest BCUT2D eigenvalue weighted by molar-refractivity contribution is -0.136. The van der Waals surface area contributed by atoms with Crippen LogP contribution in [0.2, 0.25) is 5.02 Å². The standard InChI is InChI=1S/C23H18ClN3O5/c1-31-20-4-2-3-18(13-20)26-21(28)22(29)27-25-14-15-5-11-19(12-6-15)32-23(30)16-7-9-17(24)10-8-16/h2-14H,1H3,(H,26,28)(H,27,29)/b25-14+. The van der Waals surface area contributed by atoms with Crippen LogP contribution in [0.3, 0.4) is 0 Å². The number of anilines is 1. The van der Waals surface area contributed by atoms with E-state index in [0.717, 1.165) is 0 Å². The van der Waals surface area contributed by atoms with Gasteiger partial charge in [0.15, 0.2) is 0 Å². The lowest BCUT2D eigenvalue weighted by Crippen LogP contribution is -2.32. The Balaban J connectivity index is 1.50. The Morgan fingerprint density at radius 2 is 1.62 bits per heavy atom. The number of carbonyl (C=O) groups excluding carboxylic acids is 3. The largest absolute Gasteiger partial charge is 0.497 e. The summed E-state index contributed by atoms with van der Waals surface area (Å²) in [4.78, 5) is 35.9.